The first-order chi connectivity index (χ1) is 22.1. The normalized spacial score (nSPS) is 13.7. The van der Waals surface area contributed by atoms with E-state index in [0.717, 1.165) is 0 Å². The second-order valence-corrected chi connectivity index (χ2v) is 13.0. The third kappa shape index (κ3) is 3.18. The molecule has 2 aromatic heterocycles. The van der Waals surface area contributed by atoms with Gasteiger partial charge < -0.3 is 9.13 Å². The SMILES string of the molecule is CC1(C)c2ccccc2-c2ccc3cc4c(cc3c21)c1ccccc1n4-c1cccc2c3ccccc3n(-c3ccccc3)c12. The number of nitrogens with zero attached hydrogens (tertiary/aromatic N) is 2. The summed E-state index contributed by atoms with van der Waals surface area (Å²) < 4.78 is 4.94. The van der Waals surface area contributed by atoms with Gasteiger partial charge in [0.2, 0.25) is 0 Å². The van der Waals surface area contributed by atoms with Crippen LogP contribution in [-0.2, 0) is 5.41 Å². The lowest BCUT2D eigenvalue weighted by Crippen LogP contribution is -2.15. The summed E-state index contributed by atoms with van der Waals surface area (Å²) in [6, 6.07) is 53.7. The molecule has 0 aliphatic heterocycles. The van der Waals surface area contributed by atoms with Gasteiger partial charge in [-0.1, -0.05) is 117 Å². The molecular formula is C43H30N2. The number of para-hydroxylation sites is 4. The van der Waals surface area contributed by atoms with Crippen molar-refractivity contribution in [1.29, 1.82) is 0 Å². The van der Waals surface area contributed by atoms with Gasteiger partial charge in [0.1, 0.15) is 0 Å². The van der Waals surface area contributed by atoms with Crippen LogP contribution in [0.15, 0.2) is 146 Å². The average Bonchev–Trinajstić information content (AvgIpc) is 3.68. The van der Waals surface area contributed by atoms with E-state index in [1.807, 2.05) is 0 Å². The highest BCUT2D eigenvalue weighted by molar-refractivity contribution is 6.17. The van der Waals surface area contributed by atoms with Crippen LogP contribution in [0.4, 0.5) is 0 Å². The molecule has 1 aliphatic carbocycles. The molecule has 212 valence electrons. The van der Waals surface area contributed by atoms with Crippen molar-refractivity contribution in [2.75, 3.05) is 0 Å². The number of fused-ring (bicyclic) bond motifs is 11. The van der Waals surface area contributed by atoms with Gasteiger partial charge in [-0.3, -0.25) is 0 Å². The fraction of sp³-hybridized carbons (Fsp3) is 0.0698. The molecule has 0 amide bonds. The maximum atomic E-state index is 2.50. The maximum Gasteiger partial charge on any atom is 0.0782 e. The van der Waals surface area contributed by atoms with Gasteiger partial charge in [0, 0.05) is 32.6 Å². The van der Waals surface area contributed by atoms with Crippen molar-refractivity contribution in [1.82, 2.24) is 9.13 Å². The van der Waals surface area contributed by atoms with Gasteiger partial charge in [-0.05, 0) is 75.5 Å². The average molecular weight is 575 g/mol. The van der Waals surface area contributed by atoms with Crippen molar-refractivity contribution in [3.05, 3.63) is 157 Å². The molecule has 0 radical (unpaired) electrons. The van der Waals surface area contributed by atoms with E-state index in [-0.39, 0.29) is 5.41 Å². The molecule has 0 saturated carbocycles. The Morgan fingerprint density at radius 3 is 1.93 bits per heavy atom. The molecule has 0 bridgehead atoms. The smallest absolute Gasteiger partial charge is 0.0782 e. The topological polar surface area (TPSA) is 9.86 Å². The van der Waals surface area contributed by atoms with E-state index in [2.05, 4.69) is 169 Å². The number of benzene rings is 7. The van der Waals surface area contributed by atoms with Crippen LogP contribution in [0.2, 0.25) is 0 Å². The van der Waals surface area contributed by atoms with Crippen LogP contribution in [-0.4, -0.2) is 9.13 Å². The quantitative estimate of drug-likeness (QED) is 0.194. The zero-order valence-electron chi connectivity index (χ0n) is 25.3. The van der Waals surface area contributed by atoms with E-state index < -0.39 is 0 Å². The van der Waals surface area contributed by atoms with Gasteiger partial charge >= 0.3 is 0 Å². The van der Waals surface area contributed by atoms with E-state index in [1.165, 1.54) is 88.0 Å². The molecule has 0 spiro atoms. The third-order valence-electron chi connectivity index (χ3n) is 10.3. The minimum Gasteiger partial charge on any atom is -0.307 e. The van der Waals surface area contributed by atoms with Crippen LogP contribution in [0.25, 0.3) is 76.9 Å². The lowest BCUT2D eigenvalue weighted by Gasteiger charge is -2.23. The Morgan fingerprint density at radius 1 is 0.444 bits per heavy atom. The molecule has 45 heavy (non-hydrogen) atoms. The molecule has 7 aromatic carbocycles. The lowest BCUT2D eigenvalue weighted by molar-refractivity contribution is 0.666. The molecule has 0 fully saturated rings. The monoisotopic (exact) mass is 574 g/mol. The zero-order valence-corrected chi connectivity index (χ0v) is 25.3. The van der Waals surface area contributed by atoms with Crippen LogP contribution in [0, 0.1) is 0 Å². The molecular weight excluding hydrogens is 544 g/mol. The van der Waals surface area contributed by atoms with Crippen molar-refractivity contribution in [3.8, 4) is 22.5 Å². The Bertz CT molecular complexity index is 2670. The van der Waals surface area contributed by atoms with Crippen LogP contribution < -0.4 is 0 Å². The standard InChI is InChI=1S/C43H30N2/c1-43(2)36-19-9-6-15-29(36)32-24-23-27-25-40-35(26-34(27)41(32)43)31-17-8-11-21-38(31)45(40)39-22-12-18-33-30-16-7-10-20-37(30)44(42(33)39)28-13-4-3-5-14-28/h3-26H,1-2H3. The summed E-state index contributed by atoms with van der Waals surface area (Å²) >= 11 is 0. The Balaban J connectivity index is 1.35. The van der Waals surface area contributed by atoms with Crippen molar-refractivity contribution in [2.24, 2.45) is 0 Å². The first-order valence-electron chi connectivity index (χ1n) is 15.8. The van der Waals surface area contributed by atoms with Crippen LogP contribution in [0.3, 0.4) is 0 Å². The predicted octanol–water partition coefficient (Wildman–Crippen LogP) is 11.3. The Hall–Kier alpha value is -5.60. The summed E-state index contributed by atoms with van der Waals surface area (Å²) in [6.07, 6.45) is 0. The van der Waals surface area contributed by atoms with Crippen molar-refractivity contribution >= 4 is 54.4 Å². The second kappa shape index (κ2) is 8.74. The van der Waals surface area contributed by atoms with E-state index >= 15 is 0 Å². The number of hydrogen-bond donors (Lipinski definition) is 0. The molecule has 0 N–H and O–H groups in total. The van der Waals surface area contributed by atoms with Gasteiger partial charge in [0.25, 0.3) is 0 Å². The van der Waals surface area contributed by atoms with Crippen molar-refractivity contribution in [2.45, 2.75) is 19.3 Å². The molecule has 10 rings (SSSR count). The van der Waals surface area contributed by atoms with Crippen LogP contribution in [0.1, 0.15) is 25.0 Å². The number of hydrogen-bond acceptors (Lipinski definition) is 0. The molecule has 9 aromatic rings. The van der Waals surface area contributed by atoms with Gasteiger partial charge in [-0.25, -0.2) is 0 Å². The molecule has 0 saturated heterocycles. The van der Waals surface area contributed by atoms with Gasteiger partial charge in [-0.2, -0.15) is 0 Å². The van der Waals surface area contributed by atoms with Gasteiger partial charge in [-0.15, -0.1) is 0 Å². The highest BCUT2D eigenvalue weighted by Crippen LogP contribution is 2.52. The highest BCUT2D eigenvalue weighted by atomic mass is 15.1. The fourth-order valence-electron chi connectivity index (χ4n) is 8.37. The Kier molecular flexibility index (Phi) is 4.82. The largest absolute Gasteiger partial charge is 0.307 e. The summed E-state index contributed by atoms with van der Waals surface area (Å²) in [5.74, 6) is 0. The minimum atomic E-state index is -0.0697. The molecule has 2 nitrogen and oxygen atoms in total. The molecule has 2 heteroatoms. The maximum absolute atomic E-state index is 2.50. The van der Waals surface area contributed by atoms with Crippen LogP contribution in [0.5, 0.6) is 0 Å². The summed E-state index contributed by atoms with van der Waals surface area (Å²) in [4.78, 5) is 0. The van der Waals surface area contributed by atoms with Crippen molar-refractivity contribution < 1.29 is 0 Å². The minimum absolute atomic E-state index is 0.0697. The number of rotatable bonds is 2. The first kappa shape index (κ1) is 24.8. The highest BCUT2D eigenvalue weighted by Gasteiger charge is 2.36. The van der Waals surface area contributed by atoms with E-state index in [0.29, 0.717) is 0 Å². The summed E-state index contributed by atoms with van der Waals surface area (Å²) in [5.41, 5.74) is 12.8. The second-order valence-electron chi connectivity index (χ2n) is 13.0. The predicted molar refractivity (Wildman–Crippen MR) is 190 cm³/mol. The summed E-state index contributed by atoms with van der Waals surface area (Å²) in [6.45, 7) is 4.77. The summed E-state index contributed by atoms with van der Waals surface area (Å²) in [7, 11) is 0. The van der Waals surface area contributed by atoms with E-state index in [1.54, 1.807) is 0 Å². The van der Waals surface area contributed by atoms with E-state index in [4.69, 9.17) is 0 Å². The number of aromatic nitrogens is 2. The molecule has 2 heterocycles. The van der Waals surface area contributed by atoms with Gasteiger partial charge in [0.15, 0.2) is 0 Å². The summed E-state index contributed by atoms with van der Waals surface area (Å²) in [5, 5.41) is 7.72. The van der Waals surface area contributed by atoms with Gasteiger partial charge in [0.05, 0.1) is 27.8 Å². The third-order valence-corrected chi connectivity index (χ3v) is 10.3. The zero-order chi connectivity index (χ0) is 29.9. The van der Waals surface area contributed by atoms with Crippen molar-refractivity contribution in [3.63, 3.8) is 0 Å². The van der Waals surface area contributed by atoms with E-state index in [9.17, 15) is 0 Å². The Morgan fingerprint density at radius 2 is 1.11 bits per heavy atom. The fourth-order valence-corrected chi connectivity index (χ4v) is 8.37. The van der Waals surface area contributed by atoms with Crippen LogP contribution >= 0.6 is 0 Å². The lowest BCUT2D eigenvalue weighted by atomic mass is 9.80. The first-order valence-corrected chi connectivity index (χ1v) is 15.8. The molecule has 0 unspecified atom stereocenters. The molecule has 1 aliphatic rings. The molecule has 0 atom stereocenters. The Labute approximate surface area is 261 Å².